The highest BCUT2D eigenvalue weighted by Gasteiger charge is 2.23. The lowest BCUT2D eigenvalue weighted by molar-refractivity contribution is 0.292. The molecular weight excluding hydrogens is 241 g/mol. The maximum atomic E-state index is 13.4. The van der Waals surface area contributed by atoms with E-state index in [1.807, 2.05) is 0 Å². The van der Waals surface area contributed by atoms with E-state index in [1.165, 1.54) is 31.7 Å². The van der Waals surface area contributed by atoms with Crippen molar-refractivity contribution in [3.8, 4) is 5.75 Å². The van der Waals surface area contributed by atoms with Crippen molar-refractivity contribution in [1.29, 1.82) is 0 Å². The summed E-state index contributed by atoms with van der Waals surface area (Å²) in [7, 11) is 0. The first kappa shape index (κ1) is 12.9. The predicted octanol–water partition coefficient (Wildman–Crippen LogP) is 3.16. The van der Waals surface area contributed by atoms with Gasteiger partial charge in [0.2, 0.25) is 0 Å². The Hall–Kier alpha value is -1.09. The maximum Gasteiger partial charge on any atom is 0.123 e. The standard InChI is InChI=1S/C16H22FNO/c17-15-5-6-16(19-11-12-3-4-12)14(9-15)8-13-2-1-7-18-10-13/h5-6,9,12-13,18H,1-4,7-8,10-11H2. The van der Waals surface area contributed by atoms with Gasteiger partial charge in [-0.3, -0.25) is 0 Å². The minimum Gasteiger partial charge on any atom is -0.493 e. The number of piperidine rings is 1. The molecule has 1 N–H and O–H groups in total. The molecule has 3 rings (SSSR count). The van der Waals surface area contributed by atoms with E-state index in [0.29, 0.717) is 5.92 Å². The van der Waals surface area contributed by atoms with E-state index in [1.54, 1.807) is 12.1 Å². The molecule has 104 valence electrons. The second kappa shape index (κ2) is 5.91. The van der Waals surface area contributed by atoms with Gasteiger partial charge in [0.15, 0.2) is 0 Å². The van der Waals surface area contributed by atoms with Crippen LogP contribution in [0.1, 0.15) is 31.2 Å². The predicted molar refractivity (Wildman–Crippen MR) is 73.9 cm³/mol. The van der Waals surface area contributed by atoms with E-state index in [4.69, 9.17) is 4.74 Å². The first-order valence-corrected chi connectivity index (χ1v) is 7.43. The van der Waals surface area contributed by atoms with Crippen molar-refractivity contribution in [2.45, 2.75) is 32.1 Å². The van der Waals surface area contributed by atoms with Crippen LogP contribution in [0.2, 0.25) is 0 Å². The van der Waals surface area contributed by atoms with Gasteiger partial charge in [-0.1, -0.05) is 0 Å². The van der Waals surface area contributed by atoms with Crippen LogP contribution in [-0.4, -0.2) is 19.7 Å². The van der Waals surface area contributed by atoms with Crippen LogP contribution in [0, 0.1) is 17.7 Å². The summed E-state index contributed by atoms with van der Waals surface area (Å²) in [6.45, 7) is 2.95. The smallest absolute Gasteiger partial charge is 0.123 e. The van der Waals surface area contributed by atoms with Gasteiger partial charge < -0.3 is 10.1 Å². The zero-order valence-corrected chi connectivity index (χ0v) is 11.3. The average molecular weight is 263 g/mol. The highest BCUT2D eigenvalue weighted by atomic mass is 19.1. The highest BCUT2D eigenvalue weighted by Crippen LogP contribution is 2.31. The zero-order valence-electron chi connectivity index (χ0n) is 11.3. The molecule has 1 aliphatic heterocycles. The topological polar surface area (TPSA) is 21.3 Å². The van der Waals surface area contributed by atoms with Crippen molar-refractivity contribution in [2.24, 2.45) is 11.8 Å². The summed E-state index contributed by atoms with van der Waals surface area (Å²) in [5, 5.41) is 3.41. The lowest BCUT2D eigenvalue weighted by Gasteiger charge is -2.23. The summed E-state index contributed by atoms with van der Waals surface area (Å²) in [5.74, 6) is 2.07. The van der Waals surface area contributed by atoms with Crippen molar-refractivity contribution in [3.63, 3.8) is 0 Å². The van der Waals surface area contributed by atoms with E-state index >= 15 is 0 Å². The number of ether oxygens (including phenoxy) is 1. The van der Waals surface area contributed by atoms with Crippen molar-refractivity contribution in [2.75, 3.05) is 19.7 Å². The van der Waals surface area contributed by atoms with Gasteiger partial charge in [0.05, 0.1) is 6.61 Å². The molecule has 1 atom stereocenters. The molecule has 0 bridgehead atoms. The van der Waals surface area contributed by atoms with Gasteiger partial charge in [-0.15, -0.1) is 0 Å². The van der Waals surface area contributed by atoms with E-state index in [9.17, 15) is 4.39 Å². The third-order valence-corrected chi connectivity index (χ3v) is 4.10. The SMILES string of the molecule is Fc1ccc(OCC2CC2)c(CC2CCCNC2)c1. The number of nitrogens with one attached hydrogen (secondary N) is 1. The second-order valence-electron chi connectivity index (χ2n) is 5.92. The van der Waals surface area contributed by atoms with Crippen molar-refractivity contribution in [1.82, 2.24) is 5.32 Å². The molecule has 1 aliphatic carbocycles. The molecule has 0 spiro atoms. The average Bonchev–Trinajstić information content (AvgIpc) is 3.23. The Morgan fingerprint density at radius 1 is 1.21 bits per heavy atom. The van der Waals surface area contributed by atoms with Crippen LogP contribution < -0.4 is 10.1 Å². The van der Waals surface area contributed by atoms with E-state index in [-0.39, 0.29) is 5.82 Å². The van der Waals surface area contributed by atoms with Crippen molar-refractivity contribution < 1.29 is 9.13 Å². The molecule has 0 amide bonds. The first-order valence-electron chi connectivity index (χ1n) is 7.43. The molecule has 1 aromatic rings. The molecule has 1 aromatic carbocycles. The Morgan fingerprint density at radius 2 is 2.11 bits per heavy atom. The van der Waals surface area contributed by atoms with Gasteiger partial charge in [-0.25, -0.2) is 4.39 Å². The normalized spacial score (nSPS) is 23.3. The summed E-state index contributed by atoms with van der Waals surface area (Å²) < 4.78 is 19.3. The Labute approximate surface area is 114 Å². The summed E-state index contributed by atoms with van der Waals surface area (Å²) in [5.41, 5.74) is 1.04. The van der Waals surface area contributed by atoms with Crippen LogP contribution in [0.15, 0.2) is 18.2 Å². The number of hydrogen-bond acceptors (Lipinski definition) is 2. The fraction of sp³-hybridized carbons (Fsp3) is 0.625. The summed E-state index contributed by atoms with van der Waals surface area (Å²) in [4.78, 5) is 0. The molecule has 0 aromatic heterocycles. The van der Waals surface area contributed by atoms with Gasteiger partial charge in [0.1, 0.15) is 11.6 Å². The molecule has 2 aliphatic rings. The lowest BCUT2D eigenvalue weighted by Crippen LogP contribution is -2.31. The number of rotatable bonds is 5. The van der Waals surface area contributed by atoms with Gasteiger partial charge in [0, 0.05) is 0 Å². The van der Waals surface area contributed by atoms with Gasteiger partial charge in [-0.05, 0) is 80.8 Å². The molecular formula is C16H22FNO. The number of halogens is 1. The molecule has 19 heavy (non-hydrogen) atoms. The number of benzene rings is 1. The molecule has 1 unspecified atom stereocenters. The Morgan fingerprint density at radius 3 is 2.84 bits per heavy atom. The lowest BCUT2D eigenvalue weighted by atomic mass is 9.92. The van der Waals surface area contributed by atoms with Crippen molar-refractivity contribution in [3.05, 3.63) is 29.6 Å². The fourth-order valence-corrected chi connectivity index (χ4v) is 2.75. The molecule has 3 heteroatoms. The maximum absolute atomic E-state index is 13.4. The highest BCUT2D eigenvalue weighted by molar-refractivity contribution is 5.34. The molecule has 2 fully saturated rings. The monoisotopic (exact) mass is 263 g/mol. The minimum absolute atomic E-state index is 0.155. The molecule has 2 nitrogen and oxygen atoms in total. The van der Waals surface area contributed by atoms with E-state index < -0.39 is 0 Å². The van der Waals surface area contributed by atoms with Crippen LogP contribution in [0.3, 0.4) is 0 Å². The summed E-state index contributed by atoms with van der Waals surface area (Å²) >= 11 is 0. The Bertz CT molecular complexity index is 425. The third-order valence-electron chi connectivity index (χ3n) is 4.10. The quantitative estimate of drug-likeness (QED) is 0.881. The van der Waals surface area contributed by atoms with Crippen LogP contribution in [0.4, 0.5) is 4.39 Å². The summed E-state index contributed by atoms with van der Waals surface area (Å²) in [6.07, 6.45) is 5.93. The third kappa shape index (κ3) is 3.69. The molecule has 1 heterocycles. The first-order chi connectivity index (χ1) is 9.31. The van der Waals surface area contributed by atoms with E-state index in [0.717, 1.165) is 43.3 Å². The van der Waals surface area contributed by atoms with E-state index in [2.05, 4.69) is 5.32 Å². The fourth-order valence-electron chi connectivity index (χ4n) is 2.75. The van der Waals surface area contributed by atoms with Crippen LogP contribution in [0.5, 0.6) is 5.75 Å². The second-order valence-corrected chi connectivity index (χ2v) is 5.92. The van der Waals surface area contributed by atoms with Gasteiger partial charge >= 0.3 is 0 Å². The zero-order chi connectivity index (χ0) is 13.1. The summed E-state index contributed by atoms with van der Waals surface area (Å²) in [6, 6.07) is 4.95. The Kier molecular flexibility index (Phi) is 4.02. The van der Waals surface area contributed by atoms with Gasteiger partial charge in [-0.2, -0.15) is 0 Å². The number of hydrogen-bond donors (Lipinski definition) is 1. The minimum atomic E-state index is -0.155. The van der Waals surface area contributed by atoms with Crippen molar-refractivity contribution >= 4 is 0 Å². The Balaban J connectivity index is 1.67. The van der Waals surface area contributed by atoms with Gasteiger partial charge in [0.25, 0.3) is 0 Å². The van der Waals surface area contributed by atoms with Crippen LogP contribution in [-0.2, 0) is 6.42 Å². The molecule has 0 radical (unpaired) electrons. The van der Waals surface area contributed by atoms with Crippen LogP contribution >= 0.6 is 0 Å². The molecule has 1 saturated carbocycles. The largest absolute Gasteiger partial charge is 0.493 e. The van der Waals surface area contributed by atoms with Crippen LogP contribution in [0.25, 0.3) is 0 Å². The molecule has 1 saturated heterocycles.